The number of ketones is 2. The molecule has 1 aliphatic heterocycles. The number of rotatable bonds is 7. The second-order valence-electron chi connectivity index (χ2n) is 12.2. The van der Waals surface area contributed by atoms with E-state index in [0.717, 1.165) is 0 Å². The summed E-state index contributed by atoms with van der Waals surface area (Å²) < 4.78 is 0. The third-order valence-corrected chi connectivity index (χ3v) is 9.56. The van der Waals surface area contributed by atoms with E-state index in [1.807, 2.05) is 4.90 Å². The average Bonchev–Trinajstić information content (AvgIpc) is 2.97. The highest BCUT2D eigenvalue weighted by molar-refractivity contribution is 6.25. The van der Waals surface area contributed by atoms with E-state index >= 15 is 0 Å². The van der Waals surface area contributed by atoms with E-state index in [-0.39, 0.29) is 30.5 Å². The first-order valence-electron chi connectivity index (χ1n) is 14.3. The number of piperidine rings is 1. The summed E-state index contributed by atoms with van der Waals surface area (Å²) in [6.07, 6.45) is -0.516. The smallest absolute Gasteiger partial charge is 0.294 e. The summed E-state index contributed by atoms with van der Waals surface area (Å²) in [5.74, 6) is -8.73. The molecule has 1 saturated carbocycles. The van der Waals surface area contributed by atoms with Crippen LogP contribution in [0.4, 0.5) is 0 Å². The molecule has 0 bridgehead atoms. The molecule has 6 N–H and O–H groups in total. The number of aromatic hydroxyl groups is 1. The number of carbonyl (C=O) groups is 3. The molecule has 44 heavy (non-hydrogen) atoms. The normalized spacial score (nSPS) is 31.0. The average molecular weight is 617 g/mol. The number of fused-ring (bicyclic) bond motifs is 3. The third-order valence-electron chi connectivity index (χ3n) is 9.56. The van der Waals surface area contributed by atoms with Gasteiger partial charge in [0.25, 0.3) is 11.0 Å². The van der Waals surface area contributed by atoms with Crippen LogP contribution in [0.3, 0.4) is 0 Å². The Hall–Kier alpha value is -4.05. The van der Waals surface area contributed by atoms with Crippen LogP contribution in [0.2, 0.25) is 0 Å². The van der Waals surface area contributed by atoms with Gasteiger partial charge in [0.1, 0.15) is 22.8 Å². The van der Waals surface area contributed by atoms with Gasteiger partial charge >= 0.3 is 0 Å². The van der Waals surface area contributed by atoms with Crippen LogP contribution in [0.5, 0.6) is 5.75 Å². The van der Waals surface area contributed by atoms with E-state index in [1.165, 1.54) is 25.1 Å². The quantitative estimate of drug-likeness (QED) is 0.135. The molecule has 4 aliphatic rings. The van der Waals surface area contributed by atoms with E-state index < -0.39 is 80.7 Å². The van der Waals surface area contributed by atoms with Gasteiger partial charge in [0.2, 0.25) is 5.78 Å². The van der Waals surface area contributed by atoms with Gasteiger partial charge in [-0.2, -0.15) is 0 Å². The molecule has 2 fully saturated rings. The van der Waals surface area contributed by atoms with Crippen LogP contribution in [-0.2, 0) is 19.2 Å². The summed E-state index contributed by atoms with van der Waals surface area (Å²) in [4.78, 5) is 59.4. The molecule has 15 heteroatoms. The van der Waals surface area contributed by atoms with Crippen molar-refractivity contribution in [3.8, 4) is 5.75 Å². The van der Waals surface area contributed by atoms with Gasteiger partial charge in [-0.3, -0.25) is 24.2 Å². The Morgan fingerprint density at radius 1 is 1.20 bits per heavy atom. The number of hydrogen-bond acceptors (Lipinski definition) is 13. The SMILES string of the molecule is C[C@H]1c2cccc(O)c2C(O)=C2C(=O)[C@]3(O)C(O)=C(C(=O)NCN4CCC(CO[N+](=O)[O-])CC4)C(=O)[C@@H](N(C)C)[C@@H]3[C@@H](O)[C@@H]21. The molecule has 1 heterocycles. The summed E-state index contributed by atoms with van der Waals surface area (Å²) >= 11 is 0. The fourth-order valence-electron chi connectivity index (χ4n) is 7.31. The number of Topliss-reactive ketones (excluding diaryl/α,β-unsaturated/α-hetero) is 2. The molecule has 3 aliphatic carbocycles. The molecule has 238 valence electrons. The lowest BCUT2D eigenvalue weighted by atomic mass is 9.54. The molecule has 1 saturated heterocycles. The van der Waals surface area contributed by atoms with Crippen molar-refractivity contribution in [1.82, 2.24) is 15.1 Å². The van der Waals surface area contributed by atoms with Crippen molar-refractivity contribution in [2.45, 2.75) is 43.4 Å². The van der Waals surface area contributed by atoms with Crippen molar-refractivity contribution in [1.29, 1.82) is 0 Å². The van der Waals surface area contributed by atoms with Crippen LogP contribution >= 0.6 is 0 Å². The molecular formula is C29H36N4O11. The maximum atomic E-state index is 14.1. The Bertz CT molecular complexity index is 1460. The van der Waals surface area contributed by atoms with Gasteiger partial charge in [-0.15, -0.1) is 10.1 Å². The fourth-order valence-corrected chi connectivity index (χ4v) is 7.31. The Morgan fingerprint density at radius 3 is 2.48 bits per heavy atom. The highest BCUT2D eigenvalue weighted by Gasteiger charge is 2.68. The summed E-state index contributed by atoms with van der Waals surface area (Å²) in [5.41, 5.74) is -3.81. The molecule has 15 nitrogen and oxygen atoms in total. The van der Waals surface area contributed by atoms with Crippen molar-refractivity contribution in [3.05, 3.63) is 56.3 Å². The number of phenolic OH excluding ortho intramolecular Hbond substituents is 1. The largest absolute Gasteiger partial charge is 0.508 e. The first-order chi connectivity index (χ1) is 20.7. The number of amides is 1. The zero-order valence-electron chi connectivity index (χ0n) is 24.5. The summed E-state index contributed by atoms with van der Waals surface area (Å²) in [7, 11) is 2.96. The maximum absolute atomic E-state index is 14.1. The highest BCUT2D eigenvalue weighted by Crippen LogP contribution is 2.56. The predicted molar refractivity (Wildman–Crippen MR) is 151 cm³/mol. The van der Waals surface area contributed by atoms with Gasteiger partial charge < -0.3 is 35.7 Å². The summed E-state index contributed by atoms with van der Waals surface area (Å²) in [6, 6.07) is 3.08. The van der Waals surface area contributed by atoms with Gasteiger partial charge in [0.05, 0.1) is 36.9 Å². The molecule has 0 radical (unpaired) electrons. The van der Waals surface area contributed by atoms with Gasteiger partial charge in [-0.1, -0.05) is 19.1 Å². The van der Waals surface area contributed by atoms with E-state index in [2.05, 4.69) is 10.2 Å². The summed E-state index contributed by atoms with van der Waals surface area (Å²) in [5, 5.41) is 69.0. The third kappa shape index (κ3) is 4.80. The summed E-state index contributed by atoms with van der Waals surface area (Å²) in [6.45, 7) is 2.51. The predicted octanol–water partition coefficient (Wildman–Crippen LogP) is 0.00450. The molecule has 1 amide bonds. The lowest BCUT2D eigenvalue weighted by Gasteiger charge is -2.53. The maximum Gasteiger partial charge on any atom is 0.294 e. The minimum Gasteiger partial charge on any atom is -0.508 e. The van der Waals surface area contributed by atoms with Crippen molar-refractivity contribution in [2.24, 2.45) is 17.8 Å². The Balaban J connectivity index is 1.48. The fraction of sp³-hybridized carbons (Fsp3) is 0.552. The van der Waals surface area contributed by atoms with Crippen LogP contribution in [0.1, 0.15) is 36.8 Å². The number of aliphatic hydroxyl groups is 4. The molecule has 1 aromatic rings. The minimum absolute atomic E-state index is 0.0369. The van der Waals surface area contributed by atoms with Crippen LogP contribution < -0.4 is 5.32 Å². The number of nitrogens with one attached hydrogen (secondary N) is 1. The topological polar surface area (TPSA) is 223 Å². The standard InChI is InChI=1S/C29H36N4O11/c1-13-15-5-4-6-16(34)18(15)23(35)19-17(13)24(36)21-22(31(2)3)25(37)20(27(39)29(21,41)26(19)38)28(40)30-12-32-9-7-14(8-10-32)11-44-33(42)43/h4-6,13-14,17,21-22,24,34-36,39,41H,7-12H2,1-3H3,(H,30,40)/t13-,17+,21+,22-,24-,29-/m0/s1. The zero-order valence-corrected chi connectivity index (χ0v) is 24.5. The Morgan fingerprint density at radius 2 is 1.86 bits per heavy atom. The number of likely N-dealkylation sites (N-methyl/N-ethyl adjacent to an activating group) is 1. The number of hydrogen-bond donors (Lipinski definition) is 6. The highest BCUT2D eigenvalue weighted by atomic mass is 16.9. The number of carbonyl (C=O) groups excluding carboxylic acids is 3. The number of phenols is 1. The van der Waals surface area contributed by atoms with Crippen LogP contribution in [-0.4, -0.2) is 116 Å². The molecule has 0 aromatic heterocycles. The molecule has 0 unspecified atom stereocenters. The first kappa shape index (κ1) is 31.4. The number of likely N-dealkylation sites (tertiary alicyclic amines) is 1. The van der Waals surface area contributed by atoms with E-state index in [0.29, 0.717) is 31.5 Å². The lowest BCUT2D eigenvalue weighted by molar-refractivity contribution is -0.759. The van der Waals surface area contributed by atoms with Crippen molar-refractivity contribution in [2.75, 3.05) is 40.5 Å². The molecule has 5 rings (SSSR count). The lowest BCUT2D eigenvalue weighted by Crippen LogP contribution is -2.70. The van der Waals surface area contributed by atoms with E-state index in [9.17, 15) is 50.0 Å². The van der Waals surface area contributed by atoms with Crippen LogP contribution in [0, 0.1) is 27.9 Å². The molecule has 1 aromatic carbocycles. The van der Waals surface area contributed by atoms with Crippen molar-refractivity contribution >= 4 is 23.2 Å². The van der Waals surface area contributed by atoms with Gasteiger partial charge in [-0.05, 0) is 50.4 Å². The van der Waals surface area contributed by atoms with Gasteiger partial charge in [0, 0.05) is 24.6 Å². The number of nitrogens with zero attached hydrogens (tertiary/aromatic N) is 3. The number of benzene rings is 1. The second kappa shape index (κ2) is 11.5. The second-order valence-corrected chi connectivity index (χ2v) is 12.2. The van der Waals surface area contributed by atoms with E-state index in [4.69, 9.17) is 0 Å². The van der Waals surface area contributed by atoms with Crippen LogP contribution in [0.15, 0.2) is 35.1 Å². The van der Waals surface area contributed by atoms with E-state index in [1.54, 1.807) is 19.1 Å². The first-order valence-corrected chi connectivity index (χ1v) is 14.3. The van der Waals surface area contributed by atoms with Crippen LogP contribution in [0.25, 0.3) is 5.76 Å². The van der Waals surface area contributed by atoms with Crippen molar-refractivity contribution in [3.63, 3.8) is 0 Å². The minimum atomic E-state index is -2.95. The monoisotopic (exact) mass is 616 g/mol. The molecular weight excluding hydrogens is 580 g/mol. The zero-order chi connectivity index (χ0) is 32.2. The Kier molecular flexibility index (Phi) is 8.18. The molecule has 6 atom stereocenters. The van der Waals surface area contributed by atoms with Gasteiger partial charge in [-0.25, -0.2) is 0 Å². The van der Waals surface area contributed by atoms with Gasteiger partial charge in [0.15, 0.2) is 11.4 Å². The number of aliphatic hydroxyl groups excluding tert-OH is 3. The van der Waals surface area contributed by atoms with Crippen molar-refractivity contribution < 1.29 is 49.8 Å². The molecule has 0 spiro atoms. The Labute approximate surface area is 252 Å².